The van der Waals surface area contributed by atoms with E-state index in [4.69, 9.17) is 0 Å². The molecule has 1 aliphatic rings. The van der Waals surface area contributed by atoms with E-state index in [1.54, 1.807) is 34.0 Å². The predicted octanol–water partition coefficient (Wildman–Crippen LogP) is 4.49. The first kappa shape index (κ1) is 19.3. The summed E-state index contributed by atoms with van der Waals surface area (Å²) in [7, 11) is -3.40. The smallest absolute Gasteiger partial charge is 0.243 e. The molecular formula is C19H20N4O2S3. The molecule has 0 spiro atoms. The van der Waals surface area contributed by atoms with Gasteiger partial charge < -0.3 is 0 Å². The largest absolute Gasteiger partial charge is 0.253 e. The SMILES string of the molecule is O=S(=O)(c1ccc(-c2csc(NN=Cc3cccs3)n2)cc1)N1CCCCC1. The van der Waals surface area contributed by atoms with E-state index in [0.29, 0.717) is 23.1 Å². The Hall–Kier alpha value is -2.07. The fourth-order valence-electron chi connectivity index (χ4n) is 3.03. The van der Waals surface area contributed by atoms with Crippen LogP contribution < -0.4 is 5.43 Å². The molecule has 2 aromatic heterocycles. The Balaban J connectivity index is 1.45. The molecule has 0 saturated carbocycles. The lowest BCUT2D eigenvalue weighted by atomic mass is 10.2. The van der Waals surface area contributed by atoms with E-state index in [-0.39, 0.29) is 0 Å². The highest BCUT2D eigenvalue weighted by Crippen LogP contribution is 2.27. The number of sulfonamides is 1. The van der Waals surface area contributed by atoms with Gasteiger partial charge in [0.1, 0.15) is 0 Å². The van der Waals surface area contributed by atoms with Gasteiger partial charge in [-0.1, -0.05) is 24.6 Å². The number of piperidine rings is 1. The van der Waals surface area contributed by atoms with Gasteiger partial charge >= 0.3 is 0 Å². The Kier molecular flexibility index (Phi) is 5.86. The molecule has 0 atom stereocenters. The normalized spacial score (nSPS) is 15.9. The molecule has 1 aromatic carbocycles. The van der Waals surface area contributed by atoms with Crippen LogP contribution >= 0.6 is 22.7 Å². The molecule has 0 bridgehead atoms. The van der Waals surface area contributed by atoms with Gasteiger partial charge in [0.15, 0.2) is 0 Å². The lowest BCUT2D eigenvalue weighted by Gasteiger charge is -2.25. The average Bonchev–Trinajstić information content (AvgIpc) is 3.41. The maximum Gasteiger partial charge on any atom is 0.243 e. The zero-order valence-corrected chi connectivity index (χ0v) is 17.6. The number of anilines is 1. The van der Waals surface area contributed by atoms with Crippen LogP contribution in [0.4, 0.5) is 5.13 Å². The molecule has 1 saturated heterocycles. The molecule has 0 aliphatic carbocycles. The molecule has 146 valence electrons. The number of hydrazone groups is 1. The third-order valence-electron chi connectivity index (χ3n) is 4.50. The number of nitrogens with one attached hydrogen (secondary N) is 1. The van der Waals surface area contributed by atoms with E-state index in [1.165, 1.54) is 11.3 Å². The van der Waals surface area contributed by atoms with Gasteiger partial charge in [-0.15, -0.1) is 22.7 Å². The number of benzene rings is 1. The summed E-state index contributed by atoms with van der Waals surface area (Å²) in [5.74, 6) is 0. The van der Waals surface area contributed by atoms with Crippen LogP contribution in [0.25, 0.3) is 11.3 Å². The van der Waals surface area contributed by atoms with E-state index in [1.807, 2.05) is 35.0 Å². The van der Waals surface area contributed by atoms with Crippen molar-refractivity contribution in [3.05, 3.63) is 52.0 Å². The molecule has 1 fully saturated rings. The van der Waals surface area contributed by atoms with Crippen molar-refractivity contribution in [3.8, 4) is 11.3 Å². The Morgan fingerprint density at radius 3 is 2.57 bits per heavy atom. The Morgan fingerprint density at radius 2 is 1.86 bits per heavy atom. The van der Waals surface area contributed by atoms with Gasteiger partial charge in [0, 0.05) is 28.9 Å². The van der Waals surface area contributed by atoms with Crippen LogP contribution in [0.2, 0.25) is 0 Å². The molecule has 4 rings (SSSR count). The van der Waals surface area contributed by atoms with Gasteiger partial charge in [-0.3, -0.25) is 5.43 Å². The van der Waals surface area contributed by atoms with Crippen LogP contribution in [0.5, 0.6) is 0 Å². The molecule has 28 heavy (non-hydrogen) atoms. The van der Waals surface area contributed by atoms with Gasteiger partial charge in [-0.2, -0.15) is 9.41 Å². The number of hydrogen-bond acceptors (Lipinski definition) is 7. The molecule has 3 heterocycles. The number of nitrogens with zero attached hydrogens (tertiary/aromatic N) is 3. The van der Waals surface area contributed by atoms with Gasteiger partial charge in [0.25, 0.3) is 0 Å². The van der Waals surface area contributed by atoms with Gasteiger partial charge in [-0.25, -0.2) is 13.4 Å². The van der Waals surface area contributed by atoms with Crippen molar-refractivity contribution in [1.29, 1.82) is 0 Å². The highest BCUT2D eigenvalue weighted by atomic mass is 32.2. The summed E-state index contributed by atoms with van der Waals surface area (Å²) in [6.07, 6.45) is 4.72. The maximum atomic E-state index is 12.7. The lowest BCUT2D eigenvalue weighted by molar-refractivity contribution is 0.346. The van der Waals surface area contributed by atoms with Crippen molar-refractivity contribution in [2.75, 3.05) is 18.5 Å². The first-order valence-electron chi connectivity index (χ1n) is 9.02. The van der Waals surface area contributed by atoms with Crippen LogP contribution in [0.15, 0.2) is 57.2 Å². The second kappa shape index (κ2) is 8.52. The third-order valence-corrected chi connectivity index (χ3v) is 7.97. The average molecular weight is 433 g/mol. The minimum Gasteiger partial charge on any atom is -0.253 e. The first-order chi connectivity index (χ1) is 13.6. The van der Waals surface area contributed by atoms with E-state index < -0.39 is 10.0 Å². The molecule has 1 N–H and O–H groups in total. The van der Waals surface area contributed by atoms with Crippen molar-refractivity contribution >= 4 is 44.0 Å². The number of hydrogen-bond donors (Lipinski definition) is 1. The molecule has 0 amide bonds. The van der Waals surface area contributed by atoms with Gasteiger partial charge in [0.05, 0.1) is 16.8 Å². The van der Waals surface area contributed by atoms with Crippen LogP contribution in [0.1, 0.15) is 24.1 Å². The monoisotopic (exact) mass is 432 g/mol. The van der Waals surface area contributed by atoms with Crippen LogP contribution in [-0.2, 0) is 10.0 Å². The van der Waals surface area contributed by atoms with Gasteiger partial charge in [0.2, 0.25) is 15.2 Å². The summed E-state index contributed by atoms with van der Waals surface area (Å²) < 4.78 is 27.1. The summed E-state index contributed by atoms with van der Waals surface area (Å²) >= 11 is 3.07. The van der Waals surface area contributed by atoms with Crippen molar-refractivity contribution in [3.63, 3.8) is 0 Å². The topological polar surface area (TPSA) is 74.7 Å². The fourth-order valence-corrected chi connectivity index (χ4v) is 5.80. The Labute approximate surface area is 172 Å². The summed E-state index contributed by atoms with van der Waals surface area (Å²) in [6, 6.07) is 10.9. The highest BCUT2D eigenvalue weighted by Gasteiger charge is 2.25. The standard InChI is InChI=1S/C19H20N4O2S3/c24-28(25,23-10-2-1-3-11-23)17-8-6-15(7-9-17)18-14-27-19(21-18)22-20-13-16-5-4-12-26-16/h4-9,12-14H,1-3,10-11H2,(H,21,22). The molecule has 3 aromatic rings. The number of thiophene rings is 1. The highest BCUT2D eigenvalue weighted by molar-refractivity contribution is 7.89. The van der Waals surface area contributed by atoms with Crippen LogP contribution in [0, 0.1) is 0 Å². The summed E-state index contributed by atoms with van der Waals surface area (Å²) in [4.78, 5) is 5.92. The number of thiazole rings is 1. The number of rotatable bonds is 6. The van der Waals surface area contributed by atoms with Crippen molar-refractivity contribution in [1.82, 2.24) is 9.29 Å². The van der Waals surface area contributed by atoms with Crippen molar-refractivity contribution in [2.45, 2.75) is 24.2 Å². The molecule has 0 radical (unpaired) electrons. The third kappa shape index (κ3) is 4.33. The van der Waals surface area contributed by atoms with Gasteiger partial charge in [-0.05, 0) is 36.4 Å². The zero-order chi connectivity index (χ0) is 19.4. The second-order valence-corrected chi connectivity index (χ2v) is 10.2. The zero-order valence-electron chi connectivity index (χ0n) is 15.1. The molecular weight excluding hydrogens is 412 g/mol. The Morgan fingerprint density at radius 1 is 1.07 bits per heavy atom. The van der Waals surface area contributed by atoms with E-state index in [0.717, 1.165) is 35.4 Å². The minimum absolute atomic E-state index is 0.340. The first-order valence-corrected chi connectivity index (χ1v) is 12.2. The molecule has 0 unspecified atom stereocenters. The molecule has 9 heteroatoms. The molecule has 1 aliphatic heterocycles. The number of aromatic nitrogens is 1. The summed E-state index contributed by atoms with van der Waals surface area (Å²) in [5, 5.41) is 8.80. The van der Waals surface area contributed by atoms with E-state index in [9.17, 15) is 8.42 Å². The van der Waals surface area contributed by atoms with Crippen molar-refractivity contribution in [2.24, 2.45) is 5.10 Å². The van der Waals surface area contributed by atoms with Crippen molar-refractivity contribution < 1.29 is 8.42 Å². The quantitative estimate of drug-likeness (QED) is 0.460. The van der Waals surface area contributed by atoms with Crippen LogP contribution in [-0.4, -0.2) is 37.0 Å². The lowest BCUT2D eigenvalue weighted by Crippen LogP contribution is -2.35. The minimum atomic E-state index is -3.40. The van der Waals surface area contributed by atoms with E-state index in [2.05, 4.69) is 15.5 Å². The summed E-state index contributed by atoms with van der Waals surface area (Å²) in [6.45, 7) is 1.22. The van der Waals surface area contributed by atoms with Crippen LogP contribution in [0.3, 0.4) is 0 Å². The summed E-state index contributed by atoms with van der Waals surface area (Å²) in [5.41, 5.74) is 4.60. The maximum absolute atomic E-state index is 12.7. The molecule has 6 nitrogen and oxygen atoms in total. The fraction of sp³-hybridized carbons (Fsp3) is 0.263. The second-order valence-electron chi connectivity index (χ2n) is 6.41. The van der Waals surface area contributed by atoms with E-state index >= 15 is 0 Å². The Bertz CT molecular complexity index is 1040. The predicted molar refractivity (Wildman–Crippen MR) is 116 cm³/mol.